The molecule has 0 radical (unpaired) electrons. The molecule has 62 valence electrons. The summed E-state index contributed by atoms with van der Waals surface area (Å²) in [6.45, 7) is 0. The van der Waals surface area contributed by atoms with Crippen LogP contribution in [0.5, 0.6) is 0 Å². The van der Waals surface area contributed by atoms with E-state index in [4.69, 9.17) is 0 Å². The Labute approximate surface area is 77.1 Å². The van der Waals surface area contributed by atoms with Gasteiger partial charge in [0.2, 0.25) is 6.20 Å². The van der Waals surface area contributed by atoms with Crippen molar-refractivity contribution in [1.29, 1.82) is 0 Å². The third-order valence-electron chi connectivity index (χ3n) is 1.71. The van der Waals surface area contributed by atoms with E-state index in [1.807, 2.05) is 19.3 Å². The normalized spacial score (nSPS) is 10.9. The first-order valence-corrected chi connectivity index (χ1v) is 4.29. The molecular formula is C8H7BrFN2+. The molecule has 0 atom stereocenters. The zero-order valence-corrected chi connectivity index (χ0v) is 8.02. The molecule has 2 rings (SSSR count). The molecule has 0 saturated heterocycles. The standard InChI is InChI=1S/C8H6BrFN2/c1-12-4-5-2-6(9)3-7(10)8(5)11-12/h2-4H,1H3/p+1. The molecule has 0 amide bonds. The van der Waals surface area contributed by atoms with Gasteiger partial charge in [-0.25, -0.2) is 4.39 Å². The van der Waals surface area contributed by atoms with Crippen LogP contribution in [0, 0.1) is 5.82 Å². The summed E-state index contributed by atoms with van der Waals surface area (Å²) >= 11 is 3.23. The molecule has 1 heterocycles. The van der Waals surface area contributed by atoms with Crippen LogP contribution < -0.4 is 4.68 Å². The topological polar surface area (TPSA) is 19.7 Å². The van der Waals surface area contributed by atoms with Gasteiger partial charge in [0.15, 0.2) is 12.9 Å². The van der Waals surface area contributed by atoms with E-state index >= 15 is 0 Å². The molecule has 12 heavy (non-hydrogen) atoms. The summed E-state index contributed by atoms with van der Waals surface area (Å²) in [6.07, 6.45) is 1.84. The largest absolute Gasteiger partial charge is 0.204 e. The Morgan fingerprint density at radius 3 is 3.00 bits per heavy atom. The van der Waals surface area contributed by atoms with E-state index in [1.165, 1.54) is 6.07 Å². The van der Waals surface area contributed by atoms with Gasteiger partial charge in [-0.05, 0) is 12.1 Å². The second-order valence-electron chi connectivity index (χ2n) is 2.70. The van der Waals surface area contributed by atoms with Crippen molar-refractivity contribution in [2.24, 2.45) is 7.05 Å². The monoisotopic (exact) mass is 229 g/mol. The fourth-order valence-corrected chi connectivity index (χ4v) is 1.68. The first kappa shape index (κ1) is 7.73. The predicted octanol–water partition coefficient (Wildman–Crippen LogP) is 1.89. The molecule has 1 aromatic heterocycles. The minimum atomic E-state index is -0.236. The first-order chi connectivity index (χ1) is 5.66. The Morgan fingerprint density at radius 2 is 2.25 bits per heavy atom. The Hall–Kier alpha value is -0.900. The highest BCUT2D eigenvalue weighted by Crippen LogP contribution is 2.20. The van der Waals surface area contributed by atoms with Gasteiger partial charge in [0.05, 0.1) is 5.39 Å². The van der Waals surface area contributed by atoms with Gasteiger partial charge >= 0.3 is 0 Å². The summed E-state index contributed by atoms with van der Waals surface area (Å²) in [5.41, 5.74) is 0.542. The predicted molar refractivity (Wildman–Crippen MR) is 47.1 cm³/mol. The molecule has 0 saturated carbocycles. The lowest BCUT2D eigenvalue weighted by Gasteiger charge is -1.89. The van der Waals surface area contributed by atoms with Crippen LogP contribution >= 0.6 is 15.9 Å². The number of hydrogen-bond donors (Lipinski definition) is 1. The lowest BCUT2D eigenvalue weighted by molar-refractivity contribution is -0.724. The highest BCUT2D eigenvalue weighted by molar-refractivity contribution is 9.10. The van der Waals surface area contributed by atoms with Crippen molar-refractivity contribution in [3.05, 3.63) is 28.6 Å². The van der Waals surface area contributed by atoms with Crippen molar-refractivity contribution in [3.8, 4) is 0 Å². The van der Waals surface area contributed by atoms with Gasteiger partial charge in [0.1, 0.15) is 5.52 Å². The van der Waals surface area contributed by atoms with Gasteiger partial charge < -0.3 is 0 Å². The molecule has 4 heteroatoms. The maximum atomic E-state index is 13.2. The van der Waals surface area contributed by atoms with Crippen molar-refractivity contribution in [1.82, 2.24) is 5.10 Å². The summed E-state index contributed by atoms with van der Waals surface area (Å²) in [5, 5.41) is 3.74. The lowest BCUT2D eigenvalue weighted by atomic mass is 10.2. The van der Waals surface area contributed by atoms with E-state index in [-0.39, 0.29) is 5.82 Å². The van der Waals surface area contributed by atoms with Crippen LogP contribution in [0.1, 0.15) is 0 Å². The maximum Gasteiger partial charge on any atom is 0.203 e. The molecule has 0 spiro atoms. The molecule has 1 aromatic carbocycles. The third kappa shape index (κ3) is 1.12. The summed E-state index contributed by atoms with van der Waals surface area (Å²) in [6, 6.07) is 3.31. The Bertz CT molecular complexity index is 436. The van der Waals surface area contributed by atoms with E-state index in [9.17, 15) is 4.39 Å². The molecular weight excluding hydrogens is 223 g/mol. The molecule has 1 N–H and O–H groups in total. The minimum Gasteiger partial charge on any atom is -0.204 e. The van der Waals surface area contributed by atoms with E-state index in [0.29, 0.717) is 5.52 Å². The van der Waals surface area contributed by atoms with Gasteiger partial charge in [0.25, 0.3) is 0 Å². The van der Waals surface area contributed by atoms with Crippen molar-refractivity contribution in [3.63, 3.8) is 0 Å². The molecule has 0 fully saturated rings. The summed E-state index contributed by atoms with van der Waals surface area (Å²) in [7, 11) is 1.83. The number of halogens is 2. The number of benzene rings is 1. The molecule has 2 nitrogen and oxygen atoms in total. The number of rotatable bonds is 0. The number of H-pyrrole nitrogens is 1. The second-order valence-corrected chi connectivity index (χ2v) is 3.62. The van der Waals surface area contributed by atoms with Crippen LogP contribution in [0.25, 0.3) is 10.9 Å². The number of nitrogens with zero attached hydrogens (tertiary/aromatic N) is 1. The third-order valence-corrected chi connectivity index (χ3v) is 2.16. The second kappa shape index (κ2) is 2.55. The summed E-state index contributed by atoms with van der Waals surface area (Å²) < 4.78 is 15.7. The van der Waals surface area contributed by atoms with Gasteiger partial charge in [-0.3, -0.25) is 0 Å². The van der Waals surface area contributed by atoms with Crippen LogP contribution in [0.4, 0.5) is 4.39 Å². The van der Waals surface area contributed by atoms with Gasteiger partial charge in [-0.15, -0.1) is 4.68 Å². The average molecular weight is 230 g/mol. The lowest BCUT2D eigenvalue weighted by Crippen LogP contribution is -2.28. The van der Waals surface area contributed by atoms with Crippen molar-refractivity contribution < 1.29 is 9.07 Å². The highest BCUT2D eigenvalue weighted by atomic mass is 79.9. The number of aryl methyl sites for hydroxylation is 1. The van der Waals surface area contributed by atoms with Crippen molar-refractivity contribution >= 4 is 26.8 Å². The zero-order valence-electron chi connectivity index (χ0n) is 6.44. The van der Waals surface area contributed by atoms with E-state index in [1.54, 1.807) is 4.68 Å². The summed E-state index contributed by atoms with van der Waals surface area (Å²) in [4.78, 5) is 0. The van der Waals surface area contributed by atoms with Crippen LogP contribution in [0.2, 0.25) is 0 Å². The smallest absolute Gasteiger partial charge is 0.203 e. The quantitative estimate of drug-likeness (QED) is 0.667. The van der Waals surface area contributed by atoms with Crippen LogP contribution in [0.3, 0.4) is 0 Å². The van der Waals surface area contributed by atoms with Crippen LogP contribution in [-0.2, 0) is 7.05 Å². The molecule has 2 aromatic rings. The minimum absolute atomic E-state index is 0.236. The average Bonchev–Trinajstić information content (AvgIpc) is 2.29. The van der Waals surface area contributed by atoms with Crippen molar-refractivity contribution in [2.75, 3.05) is 0 Å². The number of nitrogens with one attached hydrogen (secondary N) is 1. The van der Waals surface area contributed by atoms with E-state index in [2.05, 4.69) is 21.0 Å². The maximum absolute atomic E-state index is 13.2. The molecule has 0 aliphatic carbocycles. The van der Waals surface area contributed by atoms with Crippen LogP contribution in [0.15, 0.2) is 22.8 Å². The van der Waals surface area contributed by atoms with E-state index < -0.39 is 0 Å². The fraction of sp³-hybridized carbons (Fsp3) is 0.125. The number of aromatic nitrogens is 2. The van der Waals surface area contributed by atoms with E-state index in [0.717, 1.165) is 9.86 Å². The highest BCUT2D eigenvalue weighted by Gasteiger charge is 2.08. The number of aromatic amines is 1. The van der Waals surface area contributed by atoms with Gasteiger partial charge in [-0.2, -0.15) is 5.10 Å². The molecule has 0 aliphatic heterocycles. The number of hydrogen-bond acceptors (Lipinski definition) is 0. The Balaban J connectivity index is 2.88. The molecule has 0 bridgehead atoms. The van der Waals surface area contributed by atoms with Gasteiger partial charge in [-0.1, -0.05) is 15.9 Å². The SMILES string of the molecule is C[n+]1cc2cc(Br)cc(F)c2[nH]1. The first-order valence-electron chi connectivity index (χ1n) is 3.50. The van der Waals surface area contributed by atoms with Gasteiger partial charge in [0, 0.05) is 4.47 Å². The Kier molecular flexibility index (Phi) is 1.65. The van der Waals surface area contributed by atoms with Crippen molar-refractivity contribution in [2.45, 2.75) is 0 Å². The molecule has 0 unspecified atom stereocenters. The summed E-state index contributed by atoms with van der Waals surface area (Å²) in [5.74, 6) is -0.236. The zero-order chi connectivity index (χ0) is 8.72. The molecule has 0 aliphatic rings. The Morgan fingerprint density at radius 1 is 1.50 bits per heavy atom. The van der Waals surface area contributed by atoms with Crippen LogP contribution in [-0.4, -0.2) is 5.10 Å². The fourth-order valence-electron chi connectivity index (χ4n) is 1.23. The number of fused-ring (bicyclic) bond motifs is 1.